The van der Waals surface area contributed by atoms with Gasteiger partial charge in [0.1, 0.15) is 11.6 Å². The van der Waals surface area contributed by atoms with Gasteiger partial charge in [-0.1, -0.05) is 30.0 Å². The van der Waals surface area contributed by atoms with Gasteiger partial charge in [-0.25, -0.2) is 9.07 Å². The number of anilines is 1. The Morgan fingerprint density at radius 3 is 2.78 bits per heavy atom. The minimum atomic E-state index is -0.464. The van der Waals surface area contributed by atoms with Gasteiger partial charge in [0, 0.05) is 5.69 Å². The maximum absolute atomic E-state index is 13.2. The molecule has 2 aromatic carbocycles. The van der Waals surface area contributed by atoms with E-state index in [1.807, 2.05) is 24.3 Å². The molecule has 0 saturated carbocycles. The fourth-order valence-electron chi connectivity index (χ4n) is 2.31. The van der Waals surface area contributed by atoms with E-state index >= 15 is 0 Å². The van der Waals surface area contributed by atoms with Gasteiger partial charge in [-0.05, 0) is 53.2 Å². The fraction of sp³-hybridized carbons (Fsp3) is 0.222. The highest BCUT2D eigenvalue weighted by atomic mass is 32.2. The van der Waals surface area contributed by atoms with Crippen LogP contribution in [0.25, 0.3) is 0 Å². The molecule has 27 heavy (non-hydrogen) atoms. The van der Waals surface area contributed by atoms with Gasteiger partial charge in [-0.2, -0.15) is 0 Å². The summed E-state index contributed by atoms with van der Waals surface area (Å²) in [5.74, 6) is 0.105. The van der Waals surface area contributed by atoms with Crippen molar-refractivity contribution in [3.63, 3.8) is 0 Å². The Kier molecular flexibility index (Phi) is 6.02. The minimum Gasteiger partial charge on any atom is -0.497 e. The highest BCUT2D eigenvalue weighted by Gasteiger charge is 2.19. The monoisotopic (exact) mass is 387 g/mol. The standard InChI is InChI=1S/C18H18FN5O2S/c1-12(17(25)20-15-5-3-4-14(19)10-15)27-18-21-22-23-24(18)11-13-6-8-16(26-2)9-7-13/h3-10,12H,11H2,1-2H3,(H,20,25). The molecule has 0 fully saturated rings. The maximum Gasteiger partial charge on any atom is 0.237 e. The normalized spacial score (nSPS) is 11.8. The first-order chi connectivity index (χ1) is 13.0. The van der Waals surface area contributed by atoms with E-state index in [-0.39, 0.29) is 5.91 Å². The van der Waals surface area contributed by atoms with Crippen LogP contribution in [0.4, 0.5) is 10.1 Å². The van der Waals surface area contributed by atoms with Crippen LogP contribution in [0.15, 0.2) is 53.7 Å². The third kappa shape index (κ3) is 5.04. The van der Waals surface area contributed by atoms with Gasteiger partial charge in [0.2, 0.25) is 11.1 Å². The molecular weight excluding hydrogens is 369 g/mol. The Labute approximate surface area is 159 Å². The summed E-state index contributed by atoms with van der Waals surface area (Å²) in [5, 5.41) is 14.4. The number of halogens is 1. The van der Waals surface area contributed by atoms with Crippen molar-refractivity contribution >= 4 is 23.4 Å². The third-order valence-electron chi connectivity index (χ3n) is 3.73. The van der Waals surface area contributed by atoms with Crippen LogP contribution in [0, 0.1) is 5.82 Å². The van der Waals surface area contributed by atoms with E-state index in [4.69, 9.17) is 4.74 Å². The van der Waals surface area contributed by atoms with Crippen molar-refractivity contribution in [1.82, 2.24) is 20.2 Å². The van der Waals surface area contributed by atoms with Gasteiger partial charge in [-0.3, -0.25) is 4.79 Å². The topological polar surface area (TPSA) is 81.9 Å². The zero-order chi connectivity index (χ0) is 19.2. The minimum absolute atomic E-state index is 0.260. The molecule has 0 spiro atoms. The van der Waals surface area contributed by atoms with E-state index in [2.05, 4.69) is 20.8 Å². The lowest BCUT2D eigenvalue weighted by Crippen LogP contribution is -2.23. The van der Waals surface area contributed by atoms with Gasteiger partial charge in [0.25, 0.3) is 0 Å². The molecule has 0 aliphatic carbocycles. The first-order valence-corrected chi connectivity index (χ1v) is 9.05. The van der Waals surface area contributed by atoms with Crippen molar-refractivity contribution in [2.75, 3.05) is 12.4 Å². The number of hydrogen-bond donors (Lipinski definition) is 1. The average Bonchev–Trinajstić information content (AvgIpc) is 3.09. The lowest BCUT2D eigenvalue weighted by molar-refractivity contribution is -0.115. The van der Waals surface area contributed by atoms with E-state index in [1.165, 1.54) is 30.0 Å². The summed E-state index contributed by atoms with van der Waals surface area (Å²) in [4.78, 5) is 12.3. The molecule has 1 heterocycles. The SMILES string of the molecule is COc1ccc(Cn2nnnc2SC(C)C(=O)Nc2cccc(F)c2)cc1. The molecule has 1 atom stereocenters. The van der Waals surface area contributed by atoms with Crippen LogP contribution >= 0.6 is 11.8 Å². The Hall–Kier alpha value is -2.94. The highest BCUT2D eigenvalue weighted by Crippen LogP contribution is 2.23. The zero-order valence-corrected chi connectivity index (χ0v) is 15.6. The molecule has 9 heteroatoms. The van der Waals surface area contributed by atoms with Crippen molar-refractivity contribution in [3.05, 3.63) is 59.9 Å². The van der Waals surface area contributed by atoms with Crippen LogP contribution in [0.1, 0.15) is 12.5 Å². The molecule has 0 saturated heterocycles. The lowest BCUT2D eigenvalue weighted by atomic mass is 10.2. The number of amides is 1. The van der Waals surface area contributed by atoms with Crippen LogP contribution < -0.4 is 10.1 Å². The molecule has 0 aliphatic rings. The second-order valence-electron chi connectivity index (χ2n) is 5.73. The number of methoxy groups -OCH3 is 1. The molecule has 140 valence electrons. The average molecular weight is 387 g/mol. The number of nitrogens with one attached hydrogen (secondary N) is 1. The summed E-state index contributed by atoms with van der Waals surface area (Å²) >= 11 is 1.23. The summed E-state index contributed by atoms with van der Waals surface area (Å²) in [6, 6.07) is 13.3. The van der Waals surface area contributed by atoms with Gasteiger partial charge < -0.3 is 10.1 Å². The Bertz CT molecular complexity index is 916. The molecule has 0 radical (unpaired) electrons. The lowest BCUT2D eigenvalue weighted by Gasteiger charge is -2.12. The zero-order valence-electron chi connectivity index (χ0n) is 14.8. The van der Waals surface area contributed by atoms with Gasteiger partial charge in [0.05, 0.1) is 18.9 Å². The number of carbonyl (C=O) groups excluding carboxylic acids is 1. The number of benzene rings is 2. The summed E-state index contributed by atoms with van der Waals surface area (Å²) in [6.07, 6.45) is 0. The molecule has 3 rings (SSSR count). The molecule has 1 unspecified atom stereocenters. The van der Waals surface area contributed by atoms with E-state index < -0.39 is 11.1 Å². The number of rotatable bonds is 7. The largest absolute Gasteiger partial charge is 0.497 e. The number of nitrogens with zero attached hydrogens (tertiary/aromatic N) is 4. The number of carbonyl (C=O) groups is 1. The molecule has 0 bridgehead atoms. The Morgan fingerprint density at radius 2 is 2.07 bits per heavy atom. The summed E-state index contributed by atoms with van der Waals surface area (Å²) in [6.45, 7) is 2.21. The van der Waals surface area contributed by atoms with Gasteiger partial charge >= 0.3 is 0 Å². The molecular formula is C18H18FN5O2S. The Morgan fingerprint density at radius 1 is 1.30 bits per heavy atom. The van der Waals surface area contributed by atoms with Gasteiger partial charge in [-0.15, -0.1) is 5.10 Å². The number of tetrazole rings is 1. The smallest absolute Gasteiger partial charge is 0.237 e. The van der Waals surface area contributed by atoms with E-state index in [9.17, 15) is 9.18 Å². The predicted octanol–water partition coefficient (Wildman–Crippen LogP) is 2.99. The van der Waals surface area contributed by atoms with E-state index in [1.54, 1.807) is 24.8 Å². The van der Waals surface area contributed by atoms with E-state index in [0.29, 0.717) is 17.4 Å². The van der Waals surface area contributed by atoms with Crippen LogP contribution in [-0.2, 0) is 11.3 Å². The summed E-state index contributed by atoms with van der Waals surface area (Å²) in [7, 11) is 1.61. The molecule has 1 N–H and O–H groups in total. The fourth-order valence-corrected chi connectivity index (χ4v) is 3.09. The Balaban J connectivity index is 1.63. The highest BCUT2D eigenvalue weighted by molar-refractivity contribution is 8.00. The second-order valence-corrected chi connectivity index (χ2v) is 7.03. The van der Waals surface area contributed by atoms with Crippen molar-refractivity contribution in [2.45, 2.75) is 23.9 Å². The molecule has 1 aromatic heterocycles. The van der Waals surface area contributed by atoms with Crippen molar-refractivity contribution in [2.24, 2.45) is 0 Å². The second kappa shape index (κ2) is 8.63. The van der Waals surface area contributed by atoms with Crippen LogP contribution in [-0.4, -0.2) is 38.5 Å². The third-order valence-corrected chi connectivity index (χ3v) is 4.80. The molecule has 1 amide bonds. The summed E-state index contributed by atoms with van der Waals surface area (Å²) < 4.78 is 20.0. The van der Waals surface area contributed by atoms with Crippen molar-refractivity contribution in [3.8, 4) is 5.75 Å². The predicted molar refractivity (Wildman–Crippen MR) is 100 cm³/mol. The number of ether oxygens (including phenoxy) is 1. The summed E-state index contributed by atoms with van der Waals surface area (Å²) in [5.41, 5.74) is 1.41. The number of hydrogen-bond acceptors (Lipinski definition) is 6. The first-order valence-electron chi connectivity index (χ1n) is 8.17. The first kappa shape index (κ1) is 18.8. The van der Waals surface area contributed by atoms with Crippen LogP contribution in [0.5, 0.6) is 5.75 Å². The molecule has 3 aromatic rings. The van der Waals surface area contributed by atoms with Crippen LogP contribution in [0.2, 0.25) is 0 Å². The van der Waals surface area contributed by atoms with Crippen molar-refractivity contribution < 1.29 is 13.9 Å². The molecule has 0 aliphatic heterocycles. The van der Waals surface area contributed by atoms with Crippen molar-refractivity contribution in [1.29, 1.82) is 0 Å². The van der Waals surface area contributed by atoms with Crippen LogP contribution in [0.3, 0.4) is 0 Å². The maximum atomic E-state index is 13.2. The number of aromatic nitrogens is 4. The number of thioether (sulfide) groups is 1. The quantitative estimate of drug-likeness (QED) is 0.628. The molecule has 7 nitrogen and oxygen atoms in total. The van der Waals surface area contributed by atoms with Gasteiger partial charge in [0.15, 0.2) is 0 Å². The van der Waals surface area contributed by atoms with E-state index in [0.717, 1.165) is 11.3 Å².